The average Bonchev–Trinajstić information content (AvgIpc) is 2.63. The molecule has 4 heteroatoms. The Hall–Kier alpha value is -1.03. The molecule has 0 aliphatic heterocycles. The van der Waals surface area contributed by atoms with E-state index < -0.39 is 0 Å². The first-order chi connectivity index (χ1) is 8.72. The molecule has 0 amide bonds. The Balaban J connectivity index is 1.95. The van der Waals surface area contributed by atoms with Gasteiger partial charge in [-0.25, -0.2) is 4.98 Å². The second kappa shape index (κ2) is 6.23. The second-order valence-corrected chi connectivity index (χ2v) is 5.32. The predicted molar refractivity (Wildman–Crippen MR) is 74.0 cm³/mol. The number of hydrogen-bond acceptors (Lipinski definition) is 3. The van der Waals surface area contributed by atoms with Crippen LogP contribution in [0.5, 0.6) is 0 Å². The van der Waals surface area contributed by atoms with Crippen LogP contribution in [0.3, 0.4) is 0 Å². The maximum atomic E-state index is 5.06. The molecule has 0 spiro atoms. The number of nitrogens with one attached hydrogen (secondary N) is 1. The molecule has 1 aliphatic carbocycles. The summed E-state index contributed by atoms with van der Waals surface area (Å²) in [5.41, 5.74) is 1.09. The zero-order valence-corrected chi connectivity index (χ0v) is 11.8. The third-order valence-electron chi connectivity index (χ3n) is 3.93. The van der Waals surface area contributed by atoms with Gasteiger partial charge in [0.2, 0.25) is 5.95 Å². The number of methoxy groups -OCH3 is 1. The van der Waals surface area contributed by atoms with Gasteiger partial charge in [0.25, 0.3) is 0 Å². The minimum atomic E-state index is 0.560. The van der Waals surface area contributed by atoms with Crippen LogP contribution in [0, 0.1) is 12.8 Å². The second-order valence-electron chi connectivity index (χ2n) is 5.32. The first-order valence-electron chi connectivity index (χ1n) is 7.00. The van der Waals surface area contributed by atoms with Gasteiger partial charge in [0.1, 0.15) is 0 Å². The zero-order chi connectivity index (χ0) is 13.0. The van der Waals surface area contributed by atoms with Crippen molar-refractivity contribution in [2.24, 2.45) is 5.92 Å². The lowest BCUT2D eigenvalue weighted by molar-refractivity contribution is 0.197. The van der Waals surface area contributed by atoms with Gasteiger partial charge in [0.15, 0.2) is 0 Å². The van der Waals surface area contributed by atoms with Gasteiger partial charge >= 0.3 is 0 Å². The van der Waals surface area contributed by atoms with E-state index in [1.165, 1.54) is 19.3 Å². The van der Waals surface area contributed by atoms with E-state index in [1.807, 2.05) is 0 Å². The van der Waals surface area contributed by atoms with Crippen LogP contribution in [0.25, 0.3) is 0 Å². The molecule has 1 aliphatic rings. The Morgan fingerprint density at radius 1 is 1.56 bits per heavy atom. The molecule has 1 unspecified atom stereocenters. The molecule has 0 radical (unpaired) electrons. The molecule has 102 valence electrons. The van der Waals surface area contributed by atoms with E-state index in [-0.39, 0.29) is 0 Å². The maximum Gasteiger partial charge on any atom is 0.203 e. The van der Waals surface area contributed by atoms with Gasteiger partial charge in [-0.05, 0) is 39.0 Å². The molecule has 1 heterocycles. The van der Waals surface area contributed by atoms with Crippen LogP contribution in [0.15, 0.2) is 6.20 Å². The largest absolute Gasteiger partial charge is 0.385 e. The number of anilines is 1. The van der Waals surface area contributed by atoms with E-state index in [4.69, 9.17) is 4.74 Å². The standard InChI is InChI=1S/C14H25N3O/c1-11-10-17(12(2)13-6-4-7-13)14(16-11)15-8-5-9-18-3/h10,12-13H,4-9H2,1-3H3,(H,15,16). The van der Waals surface area contributed by atoms with Crippen molar-refractivity contribution < 1.29 is 4.74 Å². The summed E-state index contributed by atoms with van der Waals surface area (Å²) < 4.78 is 7.37. The number of nitrogens with zero attached hydrogens (tertiary/aromatic N) is 2. The quantitative estimate of drug-likeness (QED) is 0.757. The summed E-state index contributed by atoms with van der Waals surface area (Å²) in [6.45, 7) is 6.09. The fourth-order valence-corrected chi connectivity index (χ4v) is 2.52. The monoisotopic (exact) mass is 251 g/mol. The Morgan fingerprint density at radius 3 is 2.94 bits per heavy atom. The van der Waals surface area contributed by atoms with Crippen LogP contribution in [0.2, 0.25) is 0 Å². The summed E-state index contributed by atoms with van der Waals surface area (Å²) in [5, 5.41) is 3.42. The van der Waals surface area contributed by atoms with E-state index in [0.29, 0.717) is 6.04 Å². The Labute approximate surface area is 110 Å². The van der Waals surface area contributed by atoms with Crippen molar-refractivity contribution in [3.8, 4) is 0 Å². The van der Waals surface area contributed by atoms with Gasteiger partial charge in [-0.2, -0.15) is 0 Å². The summed E-state index contributed by atoms with van der Waals surface area (Å²) in [6.07, 6.45) is 7.30. The number of imidazole rings is 1. The first-order valence-corrected chi connectivity index (χ1v) is 7.00. The lowest BCUT2D eigenvalue weighted by Crippen LogP contribution is -2.24. The molecule has 0 aromatic carbocycles. The van der Waals surface area contributed by atoms with Gasteiger partial charge in [-0.15, -0.1) is 0 Å². The summed E-state index contributed by atoms with van der Waals surface area (Å²) in [4.78, 5) is 4.58. The summed E-state index contributed by atoms with van der Waals surface area (Å²) in [7, 11) is 1.74. The number of aryl methyl sites for hydroxylation is 1. The molecule has 1 aromatic rings. The summed E-state index contributed by atoms with van der Waals surface area (Å²) in [5.74, 6) is 1.85. The third kappa shape index (κ3) is 3.05. The van der Waals surface area contributed by atoms with Crippen LogP contribution in [0.4, 0.5) is 5.95 Å². The van der Waals surface area contributed by atoms with E-state index in [1.54, 1.807) is 7.11 Å². The number of rotatable bonds is 7. The van der Waals surface area contributed by atoms with Gasteiger partial charge < -0.3 is 14.6 Å². The van der Waals surface area contributed by atoms with E-state index >= 15 is 0 Å². The zero-order valence-electron chi connectivity index (χ0n) is 11.8. The van der Waals surface area contributed by atoms with Crippen molar-refractivity contribution in [2.75, 3.05) is 25.6 Å². The molecule has 1 aromatic heterocycles. The van der Waals surface area contributed by atoms with Crippen LogP contribution in [-0.2, 0) is 4.74 Å². The van der Waals surface area contributed by atoms with Crippen molar-refractivity contribution in [2.45, 2.75) is 45.6 Å². The number of hydrogen-bond donors (Lipinski definition) is 1. The Kier molecular flexibility index (Phi) is 4.64. The number of aromatic nitrogens is 2. The molecule has 0 bridgehead atoms. The average molecular weight is 251 g/mol. The van der Waals surface area contributed by atoms with Crippen molar-refractivity contribution in [3.05, 3.63) is 11.9 Å². The van der Waals surface area contributed by atoms with Crippen LogP contribution < -0.4 is 5.32 Å². The molecule has 1 atom stereocenters. The van der Waals surface area contributed by atoms with Gasteiger partial charge in [0, 0.05) is 32.5 Å². The van der Waals surface area contributed by atoms with E-state index in [2.05, 4.69) is 34.9 Å². The fourth-order valence-electron chi connectivity index (χ4n) is 2.52. The van der Waals surface area contributed by atoms with E-state index in [9.17, 15) is 0 Å². The Morgan fingerprint density at radius 2 is 2.33 bits per heavy atom. The summed E-state index contributed by atoms with van der Waals surface area (Å²) in [6, 6.07) is 0.560. The molecule has 2 rings (SSSR count). The van der Waals surface area contributed by atoms with Crippen LogP contribution in [0.1, 0.15) is 44.3 Å². The minimum Gasteiger partial charge on any atom is -0.385 e. The molecule has 1 fully saturated rings. The first kappa shape index (κ1) is 13.4. The van der Waals surface area contributed by atoms with Crippen LogP contribution >= 0.6 is 0 Å². The maximum absolute atomic E-state index is 5.06. The number of ether oxygens (including phenoxy) is 1. The third-order valence-corrected chi connectivity index (χ3v) is 3.93. The Bertz CT molecular complexity index is 371. The molecule has 4 nitrogen and oxygen atoms in total. The van der Waals surface area contributed by atoms with Gasteiger partial charge in [-0.3, -0.25) is 0 Å². The van der Waals surface area contributed by atoms with Crippen molar-refractivity contribution in [1.82, 2.24) is 9.55 Å². The topological polar surface area (TPSA) is 39.1 Å². The molecule has 1 N–H and O–H groups in total. The molecule has 1 saturated carbocycles. The van der Waals surface area contributed by atoms with Crippen molar-refractivity contribution in [1.29, 1.82) is 0 Å². The fraction of sp³-hybridized carbons (Fsp3) is 0.786. The highest BCUT2D eigenvalue weighted by atomic mass is 16.5. The molecular weight excluding hydrogens is 226 g/mol. The molecular formula is C14H25N3O. The van der Waals surface area contributed by atoms with Gasteiger partial charge in [0.05, 0.1) is 5.69 Å². The lowest BCUT2D eigenvalue weighted by atomic mass is 9.80. The smallest absolute Gasteiger partial charge is 0.203 e. The summed E-state index contributed by atoms with van der Waals surface area (Å²) >= 11 is 0. The lowest BCUT2D eigenvalue weighted by Gasteiger charge is -2.33. The van der Waals surface area contributed by atoms with Crippen LogP contribution in [-0.4, -0.2) is 29.8 Å². The van der Waals surface area contributed by atoms with Crippen molar-refractivity contribution >= 4 is 5.95 Å². The highest BCUT2D eigenvalue weighted by Crippen LogP contribution is 2.37. The molecule has 18 heavy (non-hydrogen) atoms. The van der Waals surface area contributed by atoms with Gasteiger partial charge in [-0.1, -0.05) is 6.42 Å². The highest BCUT2D eigenvalue weighted by Gasteiger charge is 2.26. The molecule has 0 saturated heterocycles. The normalized spacial score (nSPS) is 17.5. The SMILES string of the molecule is COCCCNc1nc(C)cn1C(C)C1CCC1. The minimum absolute atomic E-state index is 0.560. The van der Waals surface area contributed by atoms with Crippen molar-refractivity contribution in [3.63, 3.8) is 0 Å². The predicted octanol–water partition coefficient (Wildman–Crippen LogP) is 3.00. The van der Waals surface area contributed by atoms with E-state index in [0.717, 1.165) is 37.1 Å². The highest BCUT2D eigenvalue weighted by molar-refractivity contribution is 5.29.